The van der Waals surface area contributed by atoms with Crippen LogP contribution in [0.2, 0.25) is 0 Å². The molecule has 1 N–H and O–H groups in total. The van der Waals surface area contributed by atoms with Crippen molar-refractivity contribution in [2.45, 2.75) is 6.54 Å². The van der Waals surface area contributed by atoms with Crippen molar-refractivity contribution >= 4 is 11.6 Å². The Hall–Kier alpha value is -3.88. The molecule has 3 aromatic heterocycles. The lowest BCUT2D eigenvalue weighted by Gasteiger charge is -2.01. The van der Waals surface area contributed by atoms with Crippen LogP contribution in [0.1, 0.15) is 16.1 Å². The first-order valence-corrected chi connectivity index (χ1v) is 7.99. The van der Waals surface area contributed by atoms with Crippen molar-refractivity contribution in [1.82, 2.24) is 24.9 Å². The predicted octanol–water partition coefficient (Wildman–Crippen LogP) is 2.77. The number of hydrogen-bond donors (Lipinski definition) is 1. The highest BCUT2D eigenvalue weighted by Crippen LogP contribution is 2.18. The molecule has 0 saturated carbocycles. The summed E-state index contributed by atoms with van der Waals surface area (Å²) in [4.78, 5) is 20.2. The van der Waals surface area contributed by atoms with Gasteiger partial charge in [0, 0.05) is 18.5 Å². The van der Waals surface area contributed by atoms with E-state index in [9.17, 15) is 9.18 Å². The number of carbonyl (C=O) groups excluding carboxylic acids is 1. The average Bonchev–Trinajstić information content (AvgIpc) is 3.32. The molecule has 1 amide bonds. The van der Waals surface area contributed by atoms with E-state index in [-0.39, 0.29) is 11.5 Å². The number of benzene rings is 1. The van der Waals surface area contributed by atoms with Gasteiger partial charge in [-0.3, -0.25) is 9.48 Å². The van der Waals surface area contributed by atoms with E-state index >= 15 is 0 Å². The van der Waals surface area contributed by atoms with Gasteiger partial charge in [0.15, 0.2) is 11.5 Å². The Bertz CT molecular complexity index is 1080. The van der Waals surface area contributed by atoms with Crippen LogP contribution in [-0.4, -0.2) is 30.8 Å². The molecule has 134 valence electrons. The number of aromatic nitrogens is 5. The molecule has 0 unspecified atom stereocenters. The van der Waals surface area contributed by atoms with E-state index < -0.39 is 5.91 Å². The van der Waals surface area contributed by atoms with E-state index in [2.05, 4.69) is 25.5 Å². The van der Waals surface area contributed by atoms with Gasteiger partial charge in [0.1, 0.15) is 17.8 Å². The highest BCUT2D eigenvalue weighted by Gasteiger charge is 2.15. The topological polar surface area (TPSA) is 98.7 Å². The maximum absolute atomic E-state index is 13.2. The summed E-state index contributed by atoms with van der Waals surface area (Å²) in [5.41, 5.74) is 1.89. The summed E-state index contributed by atoms with van der Waals surface area (Å²) in [6.07, 6.45) is 6.10. The van der Waals surface area contributed by atoms with Gasteiger partial charge in [0.05, 0.1) is 18.4 Å². The fraction of sp³-hybridized carbons (Fsp3) is 0.0556. The van der Waals surface area contributed by atoms with Gasteiger partial charge >= 0.3 is 0 Å². The van der Waals surface area contributed by atoms with Crippen LogP contribution in [0.4, 0.5) is 10.1 Å². The number of anilines is 1. The van der Waals surface area contributed by atoms with Gasteiger partial charge in [-0.2, -0.15) is 5.10 Å². The number of nitrogens with zero attached hydrogens (tertiary/aromatic N) is 5. The third-order valence-corrected chi connectivity index (χ3v) is 3.70. The fourth-order valence-corrected chi connectivity index (χ4v) is 2.47. The van der Waals surface area contributed by atoms with Gasteiger partial charge in [-0.05, 0) is 23.8 Å². The number of amides is 1. The van der Waals surface area contributed by atoms with E-state index in [0.717, 1.165) is 5.56 Å². The highest BCUT2D eigenvalue weighted by atomic mass is 19.1. The van der Waals surface area contributed by atoms with E-state index in [1.54, 1.807) is 35.3 Å². The molecular formula is C18H13FN6O2. The molecule has 4 rings (SSSR count). The first-order valence-electron chi connectivity index (χ1n) is 7.99. The molecule has 0 spiro atoms. The van der Waals surface area contributed by atoms with Crippen molar-refractivity contribution in [1.29, 1.82) is 0 Å². The van der Waals surface area contributed by atoms with E-state index in [1.165, 1.54) is 30.7 Å². The molecule has 27 heavy (non-hydrogen) atoms. The minimum absolute atomic E-state index is 0.112. The molecule has 0 aliphatic heterocycles. The lowest BCUT2D eigenvalue weighted by atomic mass is 10.2. The molecular weight excluding hydrogens is 351 g/mol. The van der Waals surface area contributed by atoms with Crippen LogP contribution in [0.3, 0.4) is 0 Å². The summed E-state index contributed by atoms with van der Waals surface area (Å²) in [7, 11) is 0. The molecule has 0 aliphatic rings. The molecule has 9 heteroatoms. The summed E-state index contributed by atoms with van der Waals surface area (Å²) in [6, 6.07) is 9.40. The van der Waals surface area contributed by atoms with Crippen molar-refractivity contribution in [2.24, 2.45) is 0 Å². The summed E-state index contributed by atoms with van der Waals surface area (Å²) >= 11 is 0. The smallest absolute Gasteiger partial charge is 0.277 e. The molecule has 0 saturated heterocycles. The Kier molecular flexibility index (Phi) is 4.40. The largest absolute Gasteiger partial charge is 0.354 e. The summed E-state index contributed by atoms with van der Waals surface area (Å²) < 4.78 is 20.0. The van der Waals surface area contributed by atoms with Crippen molar-refractivity contribution < 1.29 is 13.7 Å². The maximum Gasteiger partial charge on any atom is 0.277 e. The SMILES string of the molecule is O=C(Nc1cnn(Cc2cccc(F)c2)c1)c1cc(-c2ccncn2)on1. The Morgan fingerprint density at radius 3 is 3.00 bits per heavy atom. The molecule has 4 aromatic rings. The second-order valence-electron chi connectivity index (χ2n) is 5.68. The van der Waals surface area contributed by atoms with Crippen LogP contribution < -0.4 is 5.32 Å². The van der Waals surface area contributed by atoms with Crippen molar-refractivity contribution in [3.05, 3.63) is 78.4 Å². The van der Waals surface area contributed by atoms with Crippen LogP contribution in [0.15, 0.2) is 65.8 Å². The summed E-state index contributed by atoms with van der Waals surface area (Å²) in [5, 5.41) is 10.6. The van der Waals surface area contributed by atoms with E-state index in [4.69, 9.17) is 4.52 Å². The lowest BCUT2D eigenvalue weighted by molar-refractivity contribution is 0.101. The van der Waals surface area contributed by atoms with E-state index in [1.807, 2.05) is 0 Å². The first-order chi connectivity index (χ1) is 13.2. The predicted molar refractivity (Wildman–Crippen MR) is 93.2 cm³/mol. The zero-order valence-corrected chi connectivity index (χ0v) is 13.9. The molecule has 0 radical (unpaired) electrons. The molecule has 0 fully saturated rings. The van der Waals surface area contributed by atoms with Crippen LogP contribution in [0.5, 0.6) is 0 Å². The van der Waals surface area contributed by atoms with E-state index in [0.29, 0.717) is 23.7 Å². The molecule has 0 bridgehead atoms. The van der Waals surface area contributed by atoms with Crippen molar-refractivity contribution in [2.75, 3.05) is 5.32 Å². The maximum atomic E-state index is 13.2. The van der Waals surface area contributed by atoms with Crippen LogP contribution >= 0.6 is 0 Å². The third kappa shape index (κ3) is 3.87. The second kappa shape index (κ2) is 7.16. The average molecular weight is 364 g/mol. The lowest BCUT2D eigenvalue weighted by Crippen LogP contribution is -2.11. The number of halogens is 1. The minimum atomic E-state index is -0.440. The number of nitrogens with one attached hydrogen (secondary N) is 1. The Morgan fingerprint density at radius 2 is 2.19 bits per heavy atom. The van der Waals surface area contributed by atoms with Crippen LogP contribution in [-0.2, 0) is 6.54 Å². The zero-order chi connectivity index (χ0) is 18.6. The highest BCUT2D eigenvalue weighted by molar-refractivity contribution is 6.03. The fourth-order valence-electron chi connectivity index (χ4n) is 2.47. The zero-order valence-electron chi connectivity index (χ0n) is 13.9. The molecule has 8 nitrogen and oxygen atoms in total. The van der Waals surface area contributed by atoms with Crippen molar-refractivity contribution in [3.63, 3.8) is 0 Å². The minimum Gasteiger partial charge on any atom is -0.354 e. The number of carbonyl (C=O) groups is 1. The quantitative estimate of drug-likeness (QED) is 0.585. The van der Waals surface area contributed by atoms with Gasteiger partial charge in [0.2, 0.25) is 0 Å². The molecule has 1 aromatic carbocycles. The normalized spacial score (nSPS) is 10.7. The number of rotatable bonds is 5. The standard InChI is InChI=1S/C18H13FN6O2/c19-13-3-1-2-12(6-13)9-25-10-14(8-22-25)23-18(26)16-7-17(27-24-16)15-4-5-20-11-21-15/h1-8,10-11H,9H2,(H,23,26). The first kappa shape index (κ1) is 16.6. The molecule has 3 heterocycles. The summed E-state index contributed by atoms with van der Waals surface area (Å²) in [6.45, 7) is 0.384. The number of hydrogen-bond acceptors (Lipinski definition) is 6. The van der Waals surface area contributed by atoms with Crippen LogP contribution in [0.25, 0.3) is 11.5 Å². The Morgan fingerprint density at radius 1 is 1.26 bits per heavy atom. The van der Waals surface area contributed by atoms with Crippen LogP contribution in [0, 0.1) is 5.82 Å². The van der Waals surface area contributed by atoms with Gasteiger partial charge < -0.3 is 9.84 Å². The van der Waals surface area contributed by atoms with Gasteiger partial charge in [-0.1, -0.05) is 17.3 Å². The Balaban J connectivity index is 1.43. The summed E-state index contributed by atoms with van der Waals surface area (Å²) in [5.74, 6) is -0.382. The molecule has 0 atom stereocenters. The second-order valence-corrected chi connectivity index (χ2v) is 5.68. The Labute approximate surface area is 152 Å². The van der Waals surface area contributed by atoms with Gasteiger partial charge in [0.25, 0.3) is 5.91 Å². The van der Waals surface area contributed by atoms with Crippen molar-refractivity contribution in [3.8, 4) is 11.5 Å². The monoisotopic (exact) mass is 364 g/mol. The third-order valence-electron chi connectivity index (χ3n) is 3.70. The molecule has 0 aliphatic carbocycles. The van der Waals surface area contributed by atoms with Gasteiger partial charge in [-0.25, -0.2) is 14.4 Å². The van der Waals surface area contributed by atoms with Gasteiger partial charge in [-0.15, -0.1) is 0 Å².